The molecule has 1 N–H and O–H groups in total. The van der Waals surface area contributed by atoms with Crippen molar-refractivity contribution in [2.24, 2.45) is 0 Å². The maximum Gasteiger partial charge on any atom is 0.0605 e. The summed E-state index contributed by atoms with van der Waals surface area (Å²) in [5, 5.41) is 3.68. The number of rotatable bonds is 4. The molecule has 0 amide bonds. The van der Waals surface area contributed by atoms with Crippen molar-refractivity contribution < 1.29 is 4.74 Å². The Balaban J connectivity index is 1.50. The molecule has 1 aliphatic carbocycles. The van der Waals surface area contributed by atoms with Crippen molar-refractivity contribution in [1.82, 2.24) is 10.3 Å². The molecule has 3 heteroatoms. The van der Waals surface area contributed by atoms with Gasteiger partial charge in [0.2, 0.25) is 0 Å². The van der Waals surface area contributed by atoms with E-state index < -0.39 is 0 Å². The van der Waals surface area contributed by atoms with Gasteiger partial charge in [0.1, 0.15) is 0 Å². The topological polar surface area (TPSA) is 34.2 Å². The van der Waals surface area contributed by atoms with Crippen LogP contribution < -0.4 is 5.32 Å². The van der Waals surface area contributed by atoms with Gasteiger partial charge in [-0.15, -0.1) is 0 Å². The van der Waals surface area contributed by atoms with E-state index in [-0.39, 0.29) is 0 Å². The molecule has 1 aromatic heterocycles. The van der Waals surface area contributed by atoms with Crippen LogP contribution in [0.2, 0.25) is 0 Å². The fourth-order valence-corrected chi connectivity index (χ4v) is 3.26. The molecule has 104 valence electrons. The van der Waals surface area contributed by atoms with E-state index in [1.807, 2.05) is 6.20 Å². The quantitative estimate of drug-likeness (QED) is 0.903. The molecule has 3 rings (SSSR count). The van der Waals surface area contributed by atoms with Crippen LogP contribution in [0.1, 0.15) is 55.8 Å². The first kappa shape index (κ1) is 13.1. The smallest absolute Gasteiger partial charge is 0.0605 e. The molecule has 2 heterocycles. The lowest BCUT2D eigenvalue weighted by Gasteiger charge is -2.27. The molecule has 2 unspecified atom stereocenters. The van der Waals surface area contributed by atoms with Gasteiger partial charge in [-0.05, 0) is 63.1 Å². The standard InChI is InChI=1S/C16H24N2O/c1-2-12-19-14(7-1)9-11-17-15-8-3-5-13-6-4-10-18-16(13)15/h4,6,10,14-15,17H,1-3,5,7-9,11-12H2. The largest absolute Gasteiger partial charge is 0.378 e. The fourth-order valence-electron chi connectivity index (χ4n) is 3.26. The summed E-state index contributed by atoms with van der Waals surface area (Å²) < 4.78 is 5.78. The second-order valence-electron chi connectivity index (χ2n) is 5.72. The normalized spacial score (nSPS) is 26.9. The number of nitrogens with zero attached hydrogens (tertiary/aromatic N) is 1. The van der Waals surface area contributed by atoms with E-state index in [0.29, 0.717) is 12.1 Å². The highest BCUT2D eigenvalue weighted by atomic mass is 16.5. The van der Waals surface area contributed by atoms with Crippen LogP contribution in [0.3, 0.4) is 0 Å². The number of ether oxygens (including phenoxy) is 1. The highest BCUT2D eigenvalue weighted by molar-refractivity contribution is 5.25. The predicted octanol–water partition coefficient (Wildman–Crippen LogP) is 3.01. The van der Waals surface area contributed by atoms with Crippen molar-refractivity contribution in [3.8, 4) is 0 Å². The van der Waals surface area contributed by atoms with E-state index in [1.165, 1.54) is 49.8 Å². The van der Waals surface area contributed by atoms with Crippen LogP contribution in [0.5, 0.6) is 0 Å². The molecule has 0 spiro atoms. The van der Waals surface area contributed by atoms with Crippen molar-refractivity contribution in [3.63, 3.8) is 0 Å². The maximum atomic E-state index is 5.78. The minimum atomic E-state index is 0.452. The lowest BCUT2D eigenvalue weighted by atomic mass is 9.92. The summed E-state index contributed by atoms with van der Waals surface area (Å²) in [6, 6.07) is 4.73. The molecule has 19 heavy (non-hydrogen) atoms. The maximum absolute atomic E-state index is 5.78. The van der Waals surface area contributed by atoms with Gasteiger partial charge in [-0.2, -0.15) is 0 Å². The van der Waals surface area contributed by atoms with Crippen molar-refractivity contribution >= 4 is 0 Å². The van der Waals surface area contributed by atoms with Gasteiger partial charge in [0.05, 0.1) is 11.8 Å². The predicted molar refractivity (Wildman–Crippen MR) is 76.1 cm³/mol. The number of hydrogen-bond donors (Lipinski definition) is 1. The lowest BCUT2D eigenvalue weighted by molar-refractivity contribution is 0.0111. The van der Waals surface area contributed by atoms with Crippen LogP contribution in [0.4, 0.5) is 0 Å². The van der Waals surface area contributed by atoms with Crippen LogP contribution >= 0.6 is 0 Å². The average Bonchev–Trinajstić information content (AvgIpc) is 2.49. The summed E-state index contributed by atoms with van der Waals surface area (Å²) >= 11 is 0. The monoisotopic (exact) mass is 260 g/mol. The average molecular weight is 260 g/mol. The molecule has 1 aliphatic heterocycles. The number of aromatic nitrogens is 1. The Morgan fingerprint density at radius 3 is 3.16 bits per heavy atom. The van der Waals surface area contributed by atoms with E-state index in [4.69, 9.17) is 4.74 Å². The zero-order valence-corrected chi connectivity index (χ0v) is 11.6. The van der Waals surface area contributed by atoms with Crippen molar-refractivity contribution in [3.05, 3.63) is 29.6 Å². The Kier molecular flexibility index (Phi) is 4.46. The summed E-state index contributed by atoms with van der Waals surface area (Å²) in [6.45, 7) is 2.00. The molecule has 2 aliphatic rings. The van der Waals surface area contributed by atoms with Gasteiger partial charge in [-0.1, -0.05) is 6.07 Å². The van der Waals surface area contributed by atoms with Crippen LogP contribution in [-0.2, 0) is 11.2 Å². The molecule has 2 atom stereocenters. The van der Waals surface area contributed by atoms with Crippen LogP contribution in [0.15, 0.2) is 18.3 Å². The summed E-state index contributed by atoms with van der Waals surface area (Å²) in [6.07, 6.45) is 11.0. The summed E-state index contributed by atoms with van der Waals surface area (Å²) in [5.41, 5.74) is 2.71. The molecule has 1 fully saturated rings. The minimum absolute atomic E-state index is 0.452. The molecule has 0 saturated carbocycles. The zero-order chi connectivity index (χ0) is 12.9. The molecule has 3 nitrogen and oxygen atoms in total. The first-order chi connectivity index (χ1) is 9.43. The second-order valence-corrected chi connectivity index (χ2v) is 5.72. The van der Waals surface area contributed by atoms with Gasteiger partial charge in [0.15, 0.2) is 0 Å². The van der Waals surface area contributed by atoms with E-state index >= 15 is 0 Å². The summed E-state index contributed by atoms with van der Waals surface area (Å²) in [5.74, 6) is 0. The Labute approximate surface area is 115 Å². The molecular weight excluding hydrogens is 236 g/mol. The third-order valence-electron chi connectivity index (χ3n) is 4.33. The molecule has 1 saturated heterocycles. The van der Waals surface area contributed by atoms with E-state index in [2.05, 4.69) is 22.4 Å². The summed E-state index contributed by atoms with van der Waals surface area (Å²) in [4.78, 5) is 4.57. The summed E-state index contributed by atoms with van der Waals surface area (Å²) in [7, 11) is 0. The number of pyridine rings is 1. The third kappa shape index (κ3) is 3.34. The molecule has 0 aromatic carbocycles. The molecule has 0 bridgehead atoms. The molecule has 1 aromatic rings. The van der Waals surface area contributed by atoms with Gasteiger partial charge in [0, 0.05) is 18.8 Å². The Hall–Kier alpha value is -0.930. The van der Waals surface area contributed by atoms with Gasteiger partial charge in [-0.25, -0.2) is 0 Å². The van der Waals surface area contributed by atoms with Gasteiger partial charge >= 0.3 is 0 Å². The Bertz CT molecular complexity index is 401. The highest BCUT2D eigenvalue weighted by Gasteiger charge is 2.21. The van der Waals surface area contributed by atoms with Crippen LogP contribution in [-0.4, -0.2) is 24.2 Å². The highest BCUT2D eigenvalue weighted by Crippen LogP contribution is 2.27. The second kappa shape index (κ2) is 6.49. The number of nitrogens with one attached hydrogen (secondary N) is 1. The number of aryl methyl sites for hydroxylation is 1. The first-order valence-corrected chi connectivity index (χ1v) is 7.72. The number of fused-ring (bicyclic) bond motifs is 1. The zero-order valence-electron chi connectivity index (χ0n) is 11.6. The van der Waals surface area contributed by atoms with Crippen LogP contribution in [0, 0.1) is 0 Å². The first-order valence-electron chi connectivity index (χ1n) is 7.72. The fraction of sp³-hybridized carbons (Fsp3) is 0.688. The molecular formula is C16H24N2O. The van der Waals surface area contributed by atoms with Gasteiger partial charge in [0.25, 0.3) is 0 Å². The van der Waals surface area contributed by atoms with Crippen molar-refractivity contribution in [2.45, 2.75) is 57.1 Å². The minimum Gasteiger partial charge on any atom is -0.378 e. The SMILES string of the molecule is c1cnc2c(c1)CCCC2NCCC1CCCCO1. The van der Waals surface area contributed by atoms with Crippen molar-refractivity contribution in [1.29, 1.82) is 0 Å². The molecule has 0 radical (unpaired) electrons. The van der Waals surface area contributed by atoms with E-state index in [0.717, 1.165) is 19.6 Å². The number of hydrogen-bond acceptors (Lipinski definition) is 3. The van der Waals surface area contributed by atoms with Crippen molar-refractivity contribution in [2.75, 3.05) is 13.2 Å². The van der Waals surface area contributed by atoms with E-state index in [1.54, 1.807) is 0 Å². The Morgan fingerprint density at radius 2 is 2.26 bits per heavy atom. The van der Waals surface area contributed by atoms with Crippen LogP contribution in [0.25, 0.3) is 0 Å². The van der Waals surface area contributed by atoms with E-state index in [9.17, 15) is 0 Å². The lowest BCUT2D eigenvalue weighted by Crippen LogP contribution is -2.30. The Morgan fingerprint density at radius 1 is 1.26 bits per heavy atom. The van der Waals surface area contributed by atoms with Gasteiger partial charge in [-0.3, -0.25) is 4.98 Å². The third-order valence-corrected chi connectivity index (χ3v) is 4.33. The van der Waals surface area contributed by atoms with Gasteiger partial charge < -0.3 is 10.1 Å².